The molecule has 0 spiro atoms. The van der Waals surface area contributed by atoms with Crippen molar-refractivity contribution >= 4 is 0 Å². The van der Waals surface area contributed by atoms with Gasteiger partial charge in [-0.2, -0.15) is 0 Å². The van der Waals surface area contributed by atoms with E-state index in [1.54, 1.807) is 6.07 Å². The Kier molecular flexibility index (Phi) is 45.0. The number of aryl methyl sites for hydroxylation is 2. The number of ether oxygens (including phenoxy) is 8. The average molecular weight is 1700 g/mol. The first-order valence-corrected chi connectivity index (χ1v) is 51.1. The first kappa shape index (κ1) is 100. The van der Waals surface area contributed by atoms with Gasteiger partial charge in [0.2, 0.25) is 0 Å². The number of phenols is 2. The molecule has 8 fully saturated rings. The molecule has 4 aromatic carbocycles. The number of allylic oxidation sites excluding steroid dienone is 4. The van der Waals surface area contributed by atoms with Crippen LogP contribution < -0.4 is 0 Å². The smallest absolute Gasteiger partial charge is 0.158 e. The van der Waals surface area contributed by atoms with Gasteiger partial charge in [0.05, 0.1) is 24.4 Å². The molecule has 0 radical (unpaired) electrons. The fraction of sp³-hybridized carbons (Fsp3) is 0.714. The molecule has 11 nitrogen and oxygen atoms in total. The Morgan fingerprint density at radius 1 is 0.390 bits per heavy atom. The molecular weight excluding hydrogens is 1520 g/mol. The van der Waals surface area contributed by atoms with Crippen LogP contribution >= 0.6 is 0 Å². The molecule has 3 N–H and O–H groups in total. The highest BCUT2D eigenvalue weighted by molar-refractivity contribution is 5.42. The van der Waals surface area contributed by atoms with Gasteiger partial charge in [-0.25, -0.2) is 0 Å². The van der Waals surface area contributed by atoms with E-state index < -0.39 is 0 Å². The highest BCUT2D eigenvalue weighted by atomic mass is 16.7. The lowest BCUT2D eigenvalue weighted by atomic mass is 9.74. The molecule has 11 heteroatoms. The average Bonchev–Trinajstić information content (AvgIpc) is 1.64. The number of rotatable bonds is 41. The lowest BCUT2D eigenvalue weighted by Gasteiger charge is -2.31. The van der Waals surface area contributed by atoms with Crippen LogP contribution in [0.4, 0.5) is 0 Å². The van der Waals surface area contributed by atoms with E-state index in [1.165, 1.54) is 187 Å². The van der Waals surface area contributed by atoms with Crippen molar-refractivity contribution in [2.75, 3.05) is 33.0 Å². The summed E-state index contributed by atoms with van der Waals surface area (Å²) in [7, 11) is 0. The summed E-state index contributed by atoms with van der Waals surface area (Å²) in [5, 5.41) is 30.3. The van der Waals surface area contributed by atoms with E-state index in [0.29, 0.717) is 82.5 Å². The summed E-state index contributed by atoms with van der Waals surface area (Å²) in [6, 6.07) is 31.9. The molecule has 688 valence electrons. The van der Waals surface area contributed by atoms with E-state index >= 15 is 0 Å². The fourth-order valence-corrected chi connectivity index (χ4v) is 23.1. The van der Waals surface area contributed by atoms with Crippen LogP contribution in [0.15, 0.2) is 140 Å². The zero-order chi connectivity index (χ0) is 87.1. The van der Waals surface area contributed by atoms with E-state index in [-0.39, 0.29) is 56.2 Å². The van der Waals surface area contributed by atoms with Gasteiger partial charge < -0.3 is 53.2 Å². The maximum absolute atomic E-state index is 10.3. The Hall–Kier alpha value is -4.92. The van der Waals surface area contributed by atoms with Gasteiger partial charge >= 0.3 is 0 Å². The van der Waals surface area contributed by atoms with Gasteiger partial charge in [0.25, 0.3) is 0 Å². The number of phenolic OH excluding ortho intramolecular Hbond substituents is 2. The molecule has 4 aromatic rings. The van der Waals surface area contributed by atoms with Gasteiger partial charge in [0.15, 0.2) is 25.2 Å². The van der Waals surface area contributed by atoms with Crippen molar-refractivity contribution in [2.45, 2.75) is 383 Å². The second kappa shape index (κ2) is 55.2. The van der Waals surface area contributed by atoms with Gasteiger partial charge in [-0.05, 0) is 315 Å². The van der Waals surface area contributed by atoms with Crippen molar-refractivity contribution in [3.05, 3.63) is 179 Å². The summed E-state index contributed by atoms with van der Waals surface area (Å²) in [5.41, 5.74) is 9.39. The van der Waals surface area contributed by atoms with Crippen molar-refractivity contribution in [1.82, 2.24) is 0 Å². The van der Waals surface area contributed by atoms with Crippen molar-refractivity contribution < 1.29 is 53.2 Å². The predicted octanol–water partition coefficient (Wildman–Crippen LogP) is 28.1. The summed E-state index contributed by atoms with van der Waals surface area (Å²) in [5.74, 6) is 11.1. The van der Waals surface area contributed by atoms with E-state index in [0.717, 1.165) is 153 Å². The third-order valence-corrected chi connectivity index (χ3v) is 30.1. The number of benzene rings is 4. The molecule has 4 unspecified atom stereocenters. The maximum Gasteiger partial charge on any atom is 0.158 e. The van der Waals surface area contributed by atoms with Gasteiger partial charge in [-0.3, -0.25) is 0 Å². The quantitative estimate of drug-likeness (QED) is 0.0290. The summed E-state index contributed by atoms with van der Waals surface area (Å²) >= 11 is 0. The van der Waals surface area contributed by atoms with Crippen molar-refractivity contribution in [1.29, 1.82) is 0 Å². The number of hydrogen-bond acceptors (Lipinski definition) is 11. The number of fused-ring (bicyclic) bond motifs is 2. The Balaban J connectivity index is 0.000000172. The molecule has 13 rings (SSSR count). The Morgan fingerprint density at radius 2 is 0.740 bits per heavy atom. The summed E-state index contributed by atoms with van der Waals surface area (Å²) in [6.07, 6.45) is 65.8. The van der Waals surface area contributed by atoms with E-state index in [1.807, 2.05) is 24.3 Å². The van der Waals surface area contributed by atoms with Crippen molar-refractivity contribution in [3.63, 3.8) is 0 Å². The molecular formula is C112H174O11. The largest absolute Gasteiger partial charge is 0.508 e. The van der Waals surface area contributed by atoms with Gasteiger partial charge in [-0.15, -0.1) is 0 Å². The first-order valence-electron chi connectivity index (χ1n) is 51.1. The summed E-state index contributed by atoms with van der Waals surface area (Å²) in [6.45, 7) is 31.4. The maximum atomic E-state index is 10.3. The summed E-state index contributed by atoms with van der Waals surface area (Å²) < 4.78 is 49.2. The minimum atomic E-state index is -0.0423. The van der Waals surface area contributed by atoms with E-state index in [4.69, 9.17) is 37.9 Å². The molecule has 4 saturated heterocycles. The van der Waals surface area contributed by atoms with Crippen LogP contribution in [0.3, 0.4) is 0 Å². The first-order chi connectivity index (χ1) is 60.0. The minimum absolute atomic E-state index is 0.00231. The second-order valence-corrected chi connectivity index (χ2v) is 39.8. The minimum Gasteiger partial charge on any atom is -0.508 e. The molecule has 123 heavy (non-hydrogen) atoms. The fourth-order valence-electron chi connectivity index (χ4n) is 23.1. The SMILES string of the molecule is CCCCC[C@@H](/C=C/[C@@H]1[C@@H](Cc2cccc(C)c2)[C@@H](CC)C[C@H]1C)OC1CCCCO1.CCCCC[C@@H](/C=C/[C@@H]1[C@@H](Cc2cccc(C)c2)[C@@H](CO)C[C@H]1C)OC1CCCCO1.CCCCC[C@@H](/C=C/[C@@H]1[C@@H](Cc2cccc(O)c2)[C@@H](CC)C[C@H]1C)OC1CCCCO1.CCCCC[C@@H](/C=C/[C@@H]1[C@H]2Cc3cccc(O)c3C[C@H]2C[C@H]1C)OC1CCCCO1. The molecule has 4 saturated carbocycles. The molecule has 0 amide bonds. The van der Waals surface area contributed by atoms with Gasteiger partial charge in [-0.1, -0.05) is 292 Å². The zero-order valence-electron chi connectivity index (χ0n) is 79.4. The number of hydrogen-bond donors (Lipinski definition) is 3. The van der Waals surface area contributed by atoms with E-state index in [2.05, 4.69) is 192 Å². The highest BCUT2D eigenvalue weighted by Crippen LogP contribution is 2.52. The molecule has 9 aliphatic rings. The molecule has 0 bridgehead atoms. The van der Waals surface area contributed by atoms with Crippen LogP contribution in [-0.4, -0.2) is 97.9 Å². The third-order valence-electron chi connectivity index (χ3n) is 30.1. The van der Waals surface area contributed by atoms with Gasteiger partial charge in [0, 0.05) is 33.0 Å². The lowest BCUT2D eigenvalue weighted by Crippen LogP contribution is -2.28. The molecule has 4 aliphatic heterocycles. The predicted molar refractivity (Wildman–Crippen MR) is 509 cm³/mol. The molecule has 4 heterocycles. The topological polar surface area (TPSA) is 135 Å². The van der Waals surface area contributed by atoms with E-state index in [9.17, 15) is 15.3 Å². The third kappa shape index (κ3) is 32.9. The van der Waals surface area contributed by atoms with Crippen LogP contribution in [0.5, 0.6) is 11.5 Å². The number of unbranched alkanes of at least 4 members (excludes halogenated alkanes) is 8. The van der Waals surface area contributed by atoms with Crippen LogP contribution in [-0.2, 0) is 70.0 Å². The second-order valence-electron chi connectivity index (χ2n) is 39.8. The van der Waals surface area contributed by atoms with Crippen molar-refractivity contribution in [2.24, 2.45) is 94.7 Å². The number of aliphatic hydroxyl groups excluding tert-OH is 1. The monoisotopic (exact) mass is 1700 g/mol. The van der Waals surface area contributed by atoms with Crippen molar-refractivity contribution in [3.8, 4) is 11.5 Å². The Labute approximate surface area is 749 Å². The normalized spacial score (nSPS) is 30.6. The number of aromatic hydroxyl groups is 2. The van der Waals surface area contributed by atoms with Crippen LogP contribution in [0, 0.1) is 109 Å². The Morgan fingerprint density at radius 3 is 1.09 bits per heavy atom. The molecule has 5 aliphatic carbocycles. The van der Waals surface area contributed by atoms with Crippen LogP contribution in [0.2, 0.25) is 0 Å². The zero-order valence-corrected chi connectivity index (χ0v) is 79.4. The standard InChI is InChI=1S/C29H46O2.2C28H44O3.C27H40O3/c1-5-7-8-14-26(31-29-15-9-10-18-30-29)16-17-27-23(4)20-25(6-2)28(27)21-24-13-11-12-22(3)19-24;1-4-5-6-12-25(31-28-13-7-8-16-30-28)14-15-26-22(3)18-24(20-29)27(26)19-23-11-9-10-21(2)17-23;1-4-6-7-13-25(31-28-14-8-9-17-30-28)15-16-26-21(3)18-23(5-2)27(26)20-22-11-10-12-24(29)19-22;1-3-4-5-10-22(30-27-12-6-7-15-29-27)13-14-23-19(2)16-21-18-25-20(17-24(21)23)9-8-11-26(25)28/h11-13,16-17,19,23,25-29H,5-10,14-15,18,20-21H2,1-4H3;9-11,14-15,17,22,24-29H,4-8,12-13,16,18-20H2,1-3H3;10-12,15-16,19,21,23,25-29H,4-9,13-14,17-18,20H2,1-3H3;8-9,11,13-14,19,21-24,27-28H,3-7,10,12,15-18H2,1-2H3/b17-16+;15-14+;16-15+;14-13+/t23-,25+,26+,27+,28+,29?;22-,24-,25+,26+,27+,28?;21-,23+,25+,26+,27+,28?;19-,21-,22+,23+,24+,27?/m1111/s1. The summed E-state index contributed by atoms with van der Waals surface area (Å²) in [4.78, 5) is 0. The number of aliphatic hydroxyl groups is 1. The lowest BCUT2D eigenvalue weighted by molar-refractivity contribution is -0.179. The highest BCUT2D eigenvalue weighted by Gasteiger charge is 2.45. The van der Waals surface area contributed by atoms with Crippen LogP contribution in [0.25, 0.3) is 0 Å². The molecule has 24 atom stereocenters. The molecule has 0 aromatic heterocycles. The van der Waals surface area contributed by atoms with Crippen LogP contribution in [0.1, 0.15) is 326 Å². The van der Waals surface area contributed by atoms with Gasteiger partial charge in [0.1, 0.15) is 11.5 Å². The Bertz CT molecular complexity index is 3360.